The average Bonchev–Trinajstić information content (AvgIpc) is 3.25. The van der Waals surface area contributed by atoms with E-state index in [9.17, 15) is 21.6 Å². The Bertz CT molecular complexity index is 1290. The number of nitrogens with zero attached hydrogens (tertiary/aromatic N) is 3. The van der Waals surface area contributed by atoms with Crippen molar-refractivity contribution in [2.24, 2.45) is 0 Å². The van der Waals surface area contributed by atoms with Gasteiger partial charge in [-0.25, -0.2) is 0 Å². The first-order valence-electron chi connectivity index (χ1n) is 8.74. The molecule has 4 rings (SSSR count). The Balaban J connectivity index is 1.82. The van der Waals surface area contributed by atoms with Gasteiger partial charge in [-0.15, -0.1) is 0 Å². The molecular weight excluding hydrogens is 415 g/mol. The molecule has 9 heteroatoms. The Morgan fingerprint density at radius 1 is 0.833 bits per heavy atom. The van der Waals surface area contributed by atoms with Crippen molar-refractivity contribution in [2.45, 2.75) is 11.1 Å². The molecule has 0 saturated carbocycles. The van der Waals surface area contributed by atoms with E-state index in [1.165, 1.54) is 36.8 Å². The zero-order chi connectivity index (χ0) is 21.4. The maximum Gasteiger partial charge on any atom is 0.416 e. The van der Waals surface area contributed by atoms with Gasteiger partial charge in [0.25, 0.3) is 10.0 Å². The van der Waals surface area contributed by atoms with E-state index in [1.54, 1.807) is 36.4 Å². The Hall–Kier alpha value is -3.46. The van der Waals surface area contributed by atoms with E-state index in [1.807, 2.05) is 0 Å². The van der Waals surface area contributed by atoms with Crippen molar-refractivity contribution < 1.29 is 21.6 Å². The minimum absolute atomic E-state index is 0.0258. The molecule has 0 atom stereocenters. The quantitative estimate of drug-likeness (QED) is 0.464. The number of aromatic nitrogens is 3. The van der Waals surface area contributed by atoms with Crippen LogP contribution in [0.25, 0.3) is 22.4 Å². The van der Waals surface area contributed by atoms with Crippen molar-refractivity contribution in [3.8, 4) is 22.4 Å². The third-order valence-corrected chi connectivity index (χ3v) is 5.96. The molecule has 0 aliphatic carbocycles. The van der Waals surface area contributed by atoms with Gasteiger partial charge in [-0.1, -0.05) is 24.3 Å². The number of rotatable bonds is 4. The molecule has 0 bridgehead atoms. The smallest absolute Gasteiger partial charge is 0.256 e. The number of pyridine rings is 1. The third-order valence-electron chi connectivity index (χ3n) is 4.40. The molecule has 0 N–H and O–H groups in total. The molecular formula is C21H14F3N3O2S. The van der Waals surface area contributed by atoms with Crippen LogP contribution in [0.3, 0.4) is 0 Å². The van der Waals surface area contributed by atoms with Gasteiger partial charge >= 0.3 is 6.18 Å². The molecule has 0 fully saturated rings. The predicted molar refractivity (Wildman–Crippen MR) is 105 cm³/mol. The van der Waals surface area contributed by atoms with Gasteiger partial charge < -0.3 is 0 Å². The van der Waals surface area contributed by atoms with E-state index in [0.29, 0.717) is 5.69 Å². The van der Waals surface area contributed by atoms with E-state index in [0.717, 1.165) is 16.2 Å². The lowest BCUT2D eigenvalue weighted by atomic mass is 9.99. The summed E-state index contributed by atoms with van der Waals surface area (Å²) >= 11 is 0. The van der Waals surface area contributed by atoms with Gasteiger partial charge in [-0.05, 0) is 48.0 Å². The van der Waals surface area contributed by atoms with Gasteiger partial charge in [0.05, 0.1) is 28.5 Å². The predicted octanol–water partition coefficient (Wildman–Crippen LogP) is 4.87. The van der Waals surface area contributed by atoms with Crippen LogP contribution in [-0.2, 0) is 16.2 Å². The highest BCUT2D eigenvalue weighted by Crippen LogP contribution is 2.36. The fraction of sp³-hybridized carbons (Fsp3) is 0.0476. The zero-order valence-corrected chi connectivity index (χ0v) is 16.1. The molecule has 2 aromatic carbocycles. The van der Waals surface area contributed by atoms with E-state index in [4.69, 9.17) is 0 Å². The normalized spacial score (nSPS) is 12.1. The molecule has 30 heavy (non-hydrogen) atoms. The largest absolute Gasteiger partial charge is 0.416 e. The summed E-state index contributed by atoms with van der Waals surface area (Å²) in [5, 5.41) is 3.87. The van der Waals surface area contributed by atoms with Gasteiger partial charge in [0.1, 0.15) is 0 Å². The van der Waals surface area contributed by atoms with E-state index >= 15 is 0 Å². The number of hydrogen-bond acceptors (Lipinski definition) is 4. The Morgan fingerprint density at radius 2 is 1.53 bits per heavy atom. The summed E-state index contributed by atoms with van der Waals surface area (Å²) < 4.78 is 66.5. The highest BCUT2D eigenvalue weighted by molar-refractivity contribution is 7.89. The molecule has 0 amide bonds. The standard InChI is InChI=1S/C21H14F3N3O2S/c22-21(23,24)18-11-15(10-16(12-18)20-8-4-5-9-25-20)17-13-26-27(14-17)30(28,29)19-6-2-1-3-7-19/h1-14H. The summed E-state index contributed by atoms with van der Waals surface area (Å²) in [6, 6.07) is 16.1. The van der Waals surface area contributed by atoms with Crippen LogP contribution in [0, 0.1) is 0 Å². The van der Waals surface area contributed by atoms with Crippen LogP contribution < -0.4 is 0 Å². The van der Waals surface area contributed by atoms with Crippen LogP contribution in [-0.4, -0.2) is 22.6 Å². The fourth-order valence-corrected chi connectivity index (χ4v) is 4.07. The number of hydrogen-bond donors (Lipinski definition) is 0. The summed E-state index contributed by atoms with van der Waals surface area (Å²) in [7, 11) is -3.96. The van der Waals surface area contributed by atoms with E-state index < -0.39 is 21.8 Å². The number of halogens is 3. The molecule has 2 aromatic heterocycles. The van der Waals surface area contributed by atoms with Crippen molar-refractivity contribution in [3.05, 3.63) is 90.9 Å². The van der Waals surface area contributed by atoms with E-state index in [-0.39, 0.29) is 21.6 Å². The average molecular weight is 429 g/mol. The van der Waals surface area contributed by atoms with Crippen LogP contribution in [0.1, 0.15) is 5.56 Å². The maximum atomic E-state index is 13.5. The van der Waals surface area contributed by atoms with Crippen LogP contribution in [0.5, 0.6) is 0 Å². The summed E-state index contributed by atoms with van der Waals surface area (Å²) in [5.41, 5.74) is 0.185. The Labute approximate surface area is 170 Å². The molecule has 0 unspecified atom stereocenters. The van der Waals surface area contributed by atoms with Gasteiger partial charge in [0.2, 0.25) is 0 Å². The lowest BCUT2D eigenvalue weighted by Gasteiger charge is -2.11. The lowest BCUT2D eigenvalue weighted by molar-refractivity contribution is -0.137. The SMILES string of the molecule is O=S(=O)(c1ccccc1)n1cc(-c2cc(-c3ccccn3)cc(C(F)(F)F)c2)cn1. The number of benzene rings is 2. The van der Waals surface area contributed by atoms with Crippen LogP contribution in [0.4, 0.5) is 13.2 Å². The third kappa shape index (κ3) is 3.84. The molecule has 5 nitrogen and oxygen atoms in total. The summed E-state index contributed by atoms with van der Waals surface area (Å²) in [6.07, 6.45) is -0.677. The highest BCUT2D eigenvalue weighted by atomic mass is 32.2. The van der Waals surface area contributed by atoms with Crippen molar-refractivity contribution in [3.63, 3.8) is 0 Å². The van der Waals surface area contributed by atoms with Crippen LogP contribution in [0.15, 0.2) is 90.2 Å². The molecule has 2 heterocycles. The monoisotopic (exact) mass is 429 g/mol. The summed E-state index contributed by atoms with van der Waals surface area (Å²) in [6.45, 7) is 0. The lowest BCUT2D eigenvalue weighted by Crippen LogP contribution is -2.13. The zero-order valence-electron chi connectivity index (χ0n) is 15.3. The number of alkyl halides is 3. The van der Waals surface area contributed by atoms with Crippen molar-refractivity contribution >= 4 is 10.0 Å². The van der Waals surface area contributed by atoms with Gasteiger partial charge in [-0.3, -0.25) is 4.98 Å². The second-order valence-corrected chi connectivity index (χ2v) is 8.23. The first-order chi connectivity index (χ1) is 14.2. The van der Waals surface area contributed by atoms with Crippen molar-refractivity contribution in [2.75, 3.05) is 0 Å². The summed E-state index contributed by atoms with van der Waals surface area (Å²) in [4.78, 5) is 4.13. The summed E-state index contributed by atoms with van der Waals surface area (Å²) in [5.74, 6) is 0. The highest BCUT2D eigenvalue weighted by Gasteiger charge is 2.31. The van der Waals surface area contributed by atoms with Gasteiger partial charge in [0.15, 0.2) is 0 Å². The van der Waals surface area contributed by atoms with Gasteiger partial charge in [0, 0.05) is 17.3 Å². The van der Waals surface area contributed by atoms with E-state index in [2.05, 4.69) is 10.1 Å². The minimum atomic E-state index is -4.58. The second-order valence-electron chi connectivity index (χ2n) is 6.43. The van der Waals surface area contributed by atoms with Crippen LogP contribution >= 0.6 is 0 Å². The second kappa shape index (κ2) is 7.42. The molecule has 4 aromatic rings. The minimum Gasteiger partial charge on any atom is -0.256 e. The van der Waals surface area contributed by atoms with Crippen molar-refractivity contribution in [1.82, 2.24) is 14.2 Å². The van der Waals surface area contributed by atoms with Crippen LogP contribution in [0.2, 0.25) is 0 Å². The first-order valence-corrected chi connectivity index (χ1v) is 10.2. The molecule has 0 aliphatic heterocycles. The topological polar surface area (TPSA) is 64.8 Å². The fourth-order valence-electron chi connectivity index (χ4n) is 2.93. The van der Waals surface area contributed by atoms with Crippen molar-refractivity contribution in [1.29, 1.82) is 0 Å². The Kier molecular flexibility index (Phi) is 4.90. The molecule has 0 aliphatic rings. The van der Waals surface area contributed by atoms with Gasteiger partial charge in [-0.2, -0.15) is 30.8 Å². The molecule has 152 valence electrons. The molecule has 0 radical (unpaired) electrons. The first kappa shape index (κ1) is 19.8. The molecule has 0 spiro atoms. The Morgan fingerprint density at radius 3 is 2.20 bits per heavy atom. The maximum absolute atomic E-state index is 13.5. The molecule has 0 saturated heterocycles.